The minimum atomic E-state index is -0.495. The van der Waals surface area contributed by atoms with E-state index in [4.69, 9.17) is 21.1 Å². The minimum Gasteiger partial charge on any atom is -0.481 e. The van der Waals surface area contributed by atoms with Crippen LogP contribution in [-0.4, -0.2) is 39.5 Å². The summed E-state index contributed by atoms with van der Waals surface area (Å²) in [6.45, 7) is 9.92. The second-order valence-electron chi connectivity index (χ2n) is 7.36. The van der Waals surface area contributed by atoms with Crippen LogP contribution in [0, 0.1) is 13.8 Å². The first-order valence-corrected chi connectivity index (χ1v) is 12.5. The van der Waals surface area contributed by atoms with E-state index >= 15 is 0 Å². The van der Waals surface area contributed by atoms with E-state index in [9.17, 15) is 9.59 Å². The second-order valence-corrected chi connectivity index (χ2v) is 9.97. The number of allylic oxidation sites excluding steroid dienone is 1. The van der Waals surface area contributed by atoms with Crippen molar-refractivity contribution >= 4 is 51.6 Å². The summed E-state index contributed by atoms with van der Waals surface area (Å²) in [7, 11) is 1.30. The molecule has 2 aromatic heterocycles. The minimum absolute atomic E-state index is 0.0752. The number of thioether (sulfide) groups is 1. The molecule has 0 radical (unpaired) electrons. The number of ether oxygens (including phenoxy) is 2. The molecule has 0 aliphatic carbocycles. The van der Waals surface area contributed by atoms with Crippen LogP contribution in [0.2, 0.25) is 5.02 Å². The number of carbonyl (C=O) groups excluding carboxylic acids is 2. The van der Waals surface area contributed by atoms with Gasteiger partial charge in [-0.1, -0.05) is 35.5 Å². The van der Waals surface area contributed by atoms with Crippen LogP contribution < -0.4 is 10.1 Å². The maximum absolute atomic E-state index is 12.6. The Bertz CT molecular complexity index is 1210. The molecule has 0 saturated heterocycles. The number of benzene rings is 1. The lowest BCUT2D eigenvalue weighted by Gasteiger charge is -2.17. The van der Waals surface area contributed by atoms with Crippen molar-refractivity contribution in [3.8, 4) is 5.75 Å². The van der Waals surface area contributed by atoms with E-state index in [0.29, 0.717) is 38.9 Å². The molecule has 34 heavy (non-hydrogen) atoms. The molecule has 0 bridgehead atoms. The number of aryl methyl sites for hydroxylation is 2. The topological polar surface area (TPSA) is 95.3 Å². The summed E-state index contributed by atoms with van der Waals surface area (Å²) in [5, 5.41) is 12.8. The number of aromatic nitrogens is 3. The average Bonchev–Trinajstić information content (AvgIpc) is 3.37. The first-order valence-electron chi connectivity index (χ1n) is 10.3. The summed E-state index contributed by atoms with van der Waals surface area (Å²) < 4.78 is 12.7. The van der Waals surface area contributed by atoms with Crippen molar-refractivity contribution in [2.24, 2.45) is 0 Å². The van der Waals surface area contributed by atoms with Crippen LogP contribution in [0.25, 0.3) is 0 Å². The number of rotatable bonds is 10. The Kier molecular flexibility index (Phi) is 8.76. The van der Waals surface area contributed by atoms with E-state index in [1.54, 1.807) is 18.2 Å². The number of esters is 1. The highest BCUT2D eigenvalue weighted by atomic mass is 35.5. The quantitative estimate of drug-likeness (QED) is 0.215. The van der Waals surface area contributed by atoms with Gasteiger partial charge in [-0.05, 0) is 44.5 Å². The first kappa shape index (κ1) is 25.8. The molecule has 1 aromatic carbocycles. The van der Waals surface area contributed by atoms with Crippen molar-refractivity contribution in [1.82, 2.24) is 14.8 Å². The average molecular weight is 521 g/mol. The molecule has 1 atom stereocenters. The lowest BCUT2D eigenvalue weighted by Crippen LogP contribution is -2.16. The van der Waals surface area contributed by atoms with Gasteiger partial charge in [-0.2, -0.15) is 0 Å². The molecule has 0 saturated carbocycles. The van der Waals surface area contributed by atoms with Gasteiger partial charge in [0.05, 0.1) is 23.4 Å². The summed E-state index contributed by atoms with van der Waals surface area (Å²) in [5.74, 6) is 0.449. The molecule has 3 rings (SSSR count). The zero-order valence-corrected chi connectivity index (χ0v) is 21.6. The molecule has 1 unspecified atom stereocenters. The second kappa shape index (κ2) is 11.5. The zero-order chi connectivity index (χ0) is 24.8. The predicted molar refractivity (Wildman–Crippen MR) is 135 cm³/mol. The highest BCUT2D eigenvalue weighted by molar-refractivity contribution is 7.99. The van der Waals surface area contributed by atoms with Crippen molar-refractivity contribution in [1.29, 1.82) is 0 Å². The maximum Gasteiger partial charge on any atom is 0.340 e. The zero-order valence-electron chi connectivity index (χ0n) is 19.3. The van der Waals surface area contributed by atoms with E-state index in [2.05, 4.69) is 22.1 Å². The van der Waals surface area contributed by atoms with Crippen molar-refractivity contribution in [2.75, 3.05) is 18.2 Å². The van der Waals surface area contributed by atoms with Gasteiger partial charge in [-0.25, -0.2) is 4.79 Å². The highest BCUT2D eigenvalue weighted by Gasteiger charge is 2.22. The third-order valence-electron chi connectivity index (χ3n) is 4.66. The van der Waals surface area contributed by atoms with Gasteiger partial charge in [0.2, 0.25) is 5.91 Å². The summed E-state index contributed by atoms with van der Waals surface area (Å²) in [6, 6.07) is 7.25. The fraction of sp³-hybridized carbons (Fsp3) is 0.304. The number of hydrogen-bond donors (Lipinski definition) is 1. The molecule has 2 heterocycles. The van der Waals surface area contributed by atoms with E-state index in [1.807, 2.05) is 37.5 Å². The van der Waals surface area contributed by atoms with E-state index < -0.39 is 12.1 Å². The number of hydrogen-bond acceptors (Lipinski definition) is 8. The lowest BCUT2D eigenvalue weighted by atomic mass is 10.2. The monoisotopic (exact) mass is 520 g/mol. The van der Waals surface area contributed by atoms with Gasteiger partial charge in [0.25, 0.3) is 0 Å². The van der Waals surface area contributed by atoms with Gasteiger partial charge in [-0.15, -0.1) is 28.1 Å². The molecule has 1 amide bonds. The molecular weight excluding hydrogens is 496 g/mol. The van der Waals surface area contributed by atoms with Crippen LogP contribution in [-0.2, 0) is 16.1 Å². The number of methoxy groups -OCH3 is 1. The van der Waals surface area contributed by atoms with E-state index in [0.717, 1.165) is 10.4 Å². The number of nitrogens with zero attached hydrogens (tertiary/aromatic N) is 3. The van der Waals surface area contributed by atoms with Crippen molar-refractivity contribution < 1.29 is 19.1 Å². The largest absolute Gasteiger partial charge is 0.481 e. The summed E-state index contributed by atoms with van der Waals surface area (Å²) in [4.78, 5) is 25.4. The lowest BCUT2D eigenvalue weighted by molar-refractivity contribution is -0.113. The molecular formula is C23H25ClN4O4S2. The van der Waals surface area contributed by atoms with Crippen LogP contribution in [0.1, 0.15) is 39.7 Å². The number of nitrogens with one attached hydrogen (secondary N) is 1. The summed E-state index contributed by atoms with van der Waals surface area (Å²) in [5.41, 5.74) is 1.36. The number of amides is 1. The SMILES string of the molecule is C=CCn1c(SCC(=O)Nc2sc(C)cc2C(=O)OC)nnc1C(C)Oc1cc(C)ccc1Cl. The van der Waals surface area contributed by atoms with Gasteiger partial charge >= 0.3 is 5.97 Å². The van der Waals surface area contributed by atoms with Crippen LogP contribution in [0.15, 0.2) is 42.1 Å². The highest BCUT2D eigenvalue weighted by Crippen LogP contribution is 2.31. The van der Waals surface area contributed by atoms with Crippen LogP contribution in [0.5, 0.6) is 5.75 Å². The summed E-state index contributed by atoms with van der Waals surface area (Å²) in [6.07, 6.45) is 1.28. The fourth-order valence-corrected chi connectivity index (χ4v) is 4.95. The molecule has 180 valence electrons. The van der Waals surface area contributed by atoms with Crippen molar-refractivity contribution in [3.63, 3.8) is 0 Å². The summed E-state index contributed by atoms with van der Waals surface area (Å²) >= 11 is 8.81. The number of carbonyl (C=O) groups is 2. The van der Waals surface area contributed by atoms with Crippen molar-refractivity contribution in [2.45, 2.75) is 38.6 Å². The normalized spacial score (nSPS) is 11.7. The molecule has 0 aliphatic heterocycles. The third-order valence-corrected chi connectivity index (χ3v) is 6.90. The maximum atomic E-state index is 12.6. The Balaban J connectivity index is 1.71. The molecule has 11 heteroatoms. The number of anilines is 1. The van der Waals surface area contributed by atoms with Gasteiger partial charge in [-0.3, -0.25) is 9.36 Å². The van der Waals surface area contributed by atoms with Gasteiger partial charge in [0.1, 0.15) is 10.8 Å². The van der Waals surface area contributed by atoms with E-state index in [1.165, 1.54) is 30.2 Å². The molecule has 3 aromatic rings. The molecule has 0 spiro atoms. The standard InChI is InChI=1S/C23H25ClN4O4S2/c1-6-9-28-20(15(4)32-18-10-13(2)7-8-17(18)24)26-27-23(28)33-12-19(29)25-21-16(22(30)31-5)11-14(3)34-21/h6-8,10-11,15H,1,9,12H2,2-5H3,(H,25,29). The van der Waals surface area contributed by atoms with E-state index in [-0.39, 0.29) is 11.7 Å². The van der Waals surface area contributed by atoms with Crippen LogP contribution >= 0.6 is 34.7 Å². The van der Waals surface area contributed by atoms with Crippen LogP contribution in [0.3, 0.4) is 0 Å². The molecule has 0 fully saturated rings. The smallest absolute Gasteiger partial charge is 0.340 e. The Morgan fingerprint density at radius 3 is 2.79 bits per heavy atom. The van der Waals surface area contributed by atoms with Gasteiger partial charge in [0, 0.05) is 11.4 Å². The van der Waals surface area contributed by atoms with Gasteiger partial charge in [0.15, 0.2) is 17.1 Å². The molecule has 0 aliphatic rings. The van der Waals surface area contributed by atoms with Gasteiger partial charge < -0.3 is 14.8 Å². The van der Waals surface area contributed by atoms with Crippen molar-refractivity contribution in [3.05, 3.63) is 63.8 Å². The fourth-order valence-electron chi connectivity index (χ4n) is 3.11. The Morgan fingerprint density at radius 1 is 1.32 bits per heavy atom. The number of thiophene rings is 1. The predicted octanol–water partition coefficient (Wildman–Crippen LogP) is 5.45. The number of halogens is 1. The Hall–Kier alpha value is -2.82. The molecule has 8 nitrogen and oxygen atoms in total. The van der Waals surface area contributed by atoms with Crippen LogP contribution in [0.4, 0.5) is 5.00 Å². The third kappa shape index (κ3) is 6.19. The Morgan fingerprint density at radius 2 is 2.09 bits per heavy atom. The Labute approximate surface area is 211 Å². The first-order chi connectivity index (χ1) is 16.2. The molecule has 1 N–H and O–H groups in total.